The Balaban J connectivity index is 0.00000186. The van der Waals surface area contributed by atoms with Crippen LogP contribution >= 0.6 is 0 Å². The van der Waals surface area contributed by atoms with Crippen molar-refractivity contribution in [2.45, 2.75) is 47.4 Å². The lowest BCUT2D eigenvalue weighted by molar-refractivity contribution is 0.0995. The highest BCUT2D eigenvalue weighted by Crippen LogP contribution is 2.25. The van der Waals surface area contributed by atoms with E-state index in [1.165, 1.54) is 7.11 Å². The van der Waals surface area contributed by atoms with Gasteiger partial charge in [-0.15, -0.1) is 0 Å². The number of amides is 1. The molecule has 2 aromatic heterocycles. The number of primary amides is 1. The summed E-state index contributed by atoms with van der Waals surface area (Å²) in [6, 6.07) is 5.12. The van der Waals surface area contributed by atoms with Crippen LogP contribution in [0.4, 0.5) is 10.1 Å². The van der Waals surface area contributed by atoms with Gasteiger partial charge in [-0.2, -0.15) is 0 Å². The molecular weight excluding hydrogens is 479 g/mol. The zero-order valence-electron chi connectivity index (χ0n) is 22.1. The summed E-state index contributed by atoms with van der Waals surface area (Å²) in [6.07, 6.45) is 0. The number of fused-ring (bicyclic) bond motifs is 1. The maximum Gasteiger partial charge on any atom is 0.328 e. The molecule has 3 N–H and O–H groups in total. The maximum absolute atomic E-state index is 15.5. The molecule has 37 heavy (non-hydrogen) atoms. The molecule has 3 heterocycles. The van der Waals surface area contributed by atoms with Gasteiger partial charge in [0.25, 0.3) is 11.5 Å². The molecule has 0 aliphatic carbocycles. The van der Waals surface area contributed by atoms with Crippen LogP contribution in [0.15, 0.2) is 27.8 Å². The summed E-state index contributed by atoms with van der Waals surface area (Å²) in [7, 11) is 1.50. The number of hydrogen-bond donors (Lipinski definition) is 2. The van der Waals surface area contributed by atoms with E-state index < -0.39 is 23.0 Å². The fourth-order valence-electron chi connectivity index (χ4n) is 4.62. The highest BCUT2D eigenvalue weighted by Gasteiger charge is 2.23. The van der Waals surface area contributed by atoms with E-state index in [-0.39, 0.29) is 29.7 Å². The monoisotopic (exact) mass is 514 g/mol. The van der Waals surface area contributed by atoms with Crippen molar-refractivity contribution >= 4 is 22.5 Å². The molecule has 0 radical (unpaired) electrons. The Morgan fingerprint density at radius 2 is 1.84 bits per heavy atom. The normalized spacial score (nSPS) is 13.9. The number of nitrogens with zero attached hydrogens (tertiary/aromatic N) is 4. The van der Waals surface area contributed by atoms with E-state index in [1.54, 1.807) is 19.1 Å². The van der Waals surface area contributed by atoms with Crippen molar-refractivity contribution < 1.29 is 13.9 Å². The number of rotatable bonds is 7. The van der Waals surface area contributed by atoms with Crippen molar-refractivity contribution in [2.24, 2.45) is 5.73 Å². The first kappa shape index (κ1) is 28.0. The number of benzene rings is 1. The van der Waals surface area contributed by atoms with E-state index in [0.717, 1.165) is 15.9 Å². The first-order valence-electron chi connectivity index (χ1n) is 12.5. The summed E-state index contributed by atoms with van der Waals surface area (Å²) < 4.78 is 21.8. The Labute approximate surface area is 214 Å². The van der Waals surface area contributed by atoms with Gasteiger partial charge in [-0.25, -0.2) is 14.2 Å². The number of aromatic nitrogens is 3. The number of ether oxygens (including phenoxy) is 1. The van der Waals surface area contributed by atoms with E-state index in [0.29, 0.717) is 43.9 Å². The van der Waals surface area contributed by atoms with Crippen LogP contribution in [-0.4, -0.2) is 58.6 Å². The number of piperazine rings is 1. The summed E-state index contributed by atoms with van der Waals surface area (Å²) in [5.74, 6) is -1.16. The third kappa shape index (κ3) is 5.72. The van der Waals surface area contributed by atoms with Gasteiger partial charge in [-0.05, 0) is 37.6 Å². The van der Waals surface area contributed by atoms with Gasteiger partial charge in [0.05, 0.1) is 28.9 Å². The molecule has 0 spiro atoms. The van der Waals surface area contributed by atoms with E-state index in [1.807, 2.05) is 26.8 Å². The second kappa shape index (κ2) is 12.1. The van der Waals surface area contributed by atoms with Crippen LogP contribution in [0.2, 0.25) is 0 Å². The van der Waals surface area contributed by atoms with E-state index >= 15 is 4.39 Å². The number of carbonyl (C=O) groups is 1. The fraction of sp³-hybridized carbons (Fsp3) is 0.462. The predicted octanol–water partition coefficient (Wildman–Crippen LogP) is 2.15. The molecule has 200 valence electrons. The minimum Gasteiger partial charge on any atom is -0.380 e. The molecule has 0 saturated carbocycles. The highest BCUT2D eigenvalue weighted by molar-refractivity contribution is 5.91. The average molecular weight is 515 g/mol. The molecule has 1 aliphatic heterocycles. The summed E-state index contributed by atoms with van der Waals surface area (Å²) in [5.41, 5.74) is 6.89. The topological polar surface area (TPSA) is 127 Å². The van der Waals surface area contributed by atoms with Gasteiger partial charge >= 0.3 is 5.69 Å². The SMILES string of the molecule is CC.CCn1c(=O)[nH]c2c(F)c(CN3CCN(c4ccc(C(N)=O)nc4C)CC3)cc(COC)c2c1=O. The second-order valence-electron chi connectivity index (χ2n) is 8.60. The van der Waals surface area contributed by atoms with Gasteiger partial charge in [0, 0.05) is 51.9 Å². The number of hydrogen-bond acceptors (Lipinski definition) is 7. The van der Waals surface area contributed by atoms with Crippen molar-refractivity contribution in [3.05, 3.63) is 67.4 Å². The number of pyridine rings is 1. The number of methoxy groups -OCH3 is 1. The Morgan fingerprint density at radius 3 is 2.41 bits per heavy atom. The molecule has 0 atom stereocenters. The average Bonchev–Trinajstić information content (AvgIpc) is 2.88. The van der Waals surface area contributed by atoms with Crippen molar-refractivity contribution in [3.63, 3.8) is 0 Å². The largest absolute Gasteiger partial charge is 0.380 e. The smallest absolute Gasteiger partial charge is 0.328 e. The Kier molecular flexibility index (Phi) is 9.17. The minimum atomic E-state index is -0.635. The van der Waals surface area contributed by atoms with Crippen molar-refractivity contribution in [3.8, 4) is 0 Å². The van der Waals surface area contributed by atoms with Gasteiger partial charge in [-0.1, -0.05) is 13.8 Å². The summed E-state index contributed by atoms with van der Waals surface area (Å²) >= 11 is 0. The number of H-pyrrole nitrogens is 1. The van der Waals surface area contributed by atoms with Crippen molar-refractivity contribution in [2.75, 3.05) is 38.2 Å². The van der Waals surface area contributed by atoms with Crippen molar-refractivity contribution in [1.82, 2.24) is 19.4 Å². The van der Waals surface area contributed by atoms with Crippen molar-refractivity contribution in [1.29, 1.82) is 0 Å². The van der Waals surface area contributed by atoms with Gasteiger partial charge in [0.1, 0.15) is 5.69 Å². The molecule has 0 bridgehead atoms. The first-order chi connectivity index (χ1) is 17.7. The number of halogens is 1. The Morgan fingerprint density at radius 1 is 1.16 bits per heavy atom. The van der Waals surface area contributed by atoms with Crippen LogP contribution in [-0.2, 0) is 24.4 Å². The lowest BCUT2D eigenvalue weighted by atomic mass is 10.0. The van der Waals surface area contributed by atoms with Gasteiger partial charge in [0.2, 0.25) is 0 Å². The molecule has 1 saturated heterocycles. The van der Waals surface area contributed by atoms with Crippen LogP contribution in [0.3, 0.4) is 0 Å². The van der Waals surface area contributed by atoms with E-state index in [4.69, 9.17) is 10.5 Å². The van der Waals surface area contributed by atoms with Crippen LogP contribution in [0.1, 0.15) is 48.1 Å². The second-order valence-corrected chi connectivity index (χ2v) is 8.60. The molecule has 0 unspecified atom stereocenters. The standard InChI is InChI=1S/C24H29FN6O4.C2H6/c1-4-31-23(33)19-16(13-35-3)11-15(20(25)21(19)28-24(31)34)12-29-7-9-30(10-8-29)18-6-5-17(22(26)32)27-14(18)2;1-2/h5-6,11H,4,7-10,12-13H2,1-3H3,(H2,26,32)(H,28,34);1-2H3. The van der Waals surface area contributed by atoms with E-state index in [2.05, 4.69) is 19.8 Å². The summed E-state index contributed by atoms with van der Waals surface area (Å²) in [5, 5.41) is 0.141. The minimum absolute atomic E-state index is 0.0795. The molecule has 1 aliphatic rings. The number of aromatic amines is 1. The first-order valence-corrected chi connectivity index (χ1v) is 12.5. The zero-order chi connectivity index (χ0) is 27.3. The number of aryl methyl sites for hydroxylation is 1. The molecular formula is C26H35FN6O4. The zero-order valence-corrected chi connectivity index (χ0v) is 22.1. The van der Waals surface area contributed by atoms with Crippen LogP contribution in [0.25, 0.3) is 10.9 Å². The molecule has 10 nitrogen and oxygen atoms in total. The fourth-order valence-corrected chi connectivity index (χ4v) is 4.62. The molecule has 4 rings (SSSR count). The predicted molar refractivity (Wildman–Crippen MR) is 142 cm³/mol. The number of nitrogens with one attached hydrogen (secondary N) is 1. The number of nitrogens with two attached hydrogens (primary N) is 1. The van der Waals surface area contributed by atoms with Crippen LogP contribution in [0.5, 0.6) is 0 Å². The van der Waals surface area contributed by atoms with Gasteiger partial charge in [-0.3, -0.25) is 19.1 Å². The lowest BCUT2D eigenvalue weighted by Gasteiger charge is -2.36. The lowest BCUT2D eigenvalue weighted by Crippen LogP contribution is -2.46. The third-order valence-electron chi connectivity index (χ3n) is 6.39. The Hall–Kier alpha value is -3.57. The number of carbonyl (C=O) groups excluding carboxylic acids is 1. The number of anilines is 1. The summed E-state index contributed by atoms with van der Waals surface area (Å²) in [4.78, 5) is 47.7. The molecule has 1 fully saturated rings. The third-order valence-corrected chi connectivity index (χ3v) is 6.39. The van der Waals surface area contributed by atoms with Gasteiger partial charge < -0.3 is 20.4 Å². The summed E-state index contributed by atoms with van der Waals surface area (Å²) in [6.45, 7) is 10.9. The van der Waals surface area contributed by atoms with Crippen LogP contribution < -0.4 is 21.9 Å². The Bertz CT molecular complexity index is 1390. The molecule has 3 aromatic rings. The molecule has 1 aromatic carbocycles. The highest BCUT2D eigenvalue weighted by atomic mass is 19.1. The quantitative estimate of drug-likeness (QED) is 0.495. The van der Waals surface area contributed by atoms with Gasteiger partial charge in [0.15, 0.2) is 5.82 Å². The molecule has 1 amide bonds. The van der Waals surface area contributed by atoms with E-state index in [9.17, 15) is 14.4 Å². The van der Waals surface area contributed by atoms with Crippen LogP contribution in [0, 0.1) is 12.7 Å². The molecule has 11 heteroatoms. The maximum atomic E-state index is 15.5.